The highest BCUT2D eigenvalue weighted by molar-refractivity contribution is 6.03. The fourth-order valence-corrected chi connectivity index (χ4v) is 3.56. The third-order valence-electron chi connectivity index (χ3n) is 5.47. The monoisotopic (exact) mass is 348 g/mol. The summed E-state index contributed by atoms with van der Waals surface area (Å²) in [5, 5.41) is 11.3. The minimum atomic E-state index is -1.56. The van der Waals surface area contributed by atoms with Crippen molar-refractivity contribution in [2.45, 2.75) is 43.7 Å². The van der Waals surface area contributed by atoms with Crippen LogP contribution in [0.4, 0.5) is 9.18 Å². The van der Waals surface area contributed by atoms with E-state index >= 15 is 4.39 Å². The fraction of sp³-hybridized carbons (Fsp3) is 0.500. The lowest BCUT2D eigenvalue weighted by Crippen LogP contribution is -2.49. The number of nitrogens with zero attached hydrogens (tertiary/aromatic N) is 1. The summed E-state index contributed by atoms with van der Waals surface area (Å²) in [6.45, 7) is 2.10. The summed E-state index contributed by atoms with van der Waals surface area (Å²) in [6.07, 6.45) is -0.0911. The standard InChI is InChI=1S/C18H21FN2O4/c1-17(7-6-14(22)20-15(17)23)12-2-4-13(5-3-12)18(19)8-10-21(11-9-18)16(24)25/h2-5H,6-11H2,1H3,(H,24,25)(H,20,22,23). The Morgan fingerprint density at radius 3 is 2.20 bits per heavy atom. The Bertz CT molecular complexity index is 710. The Morgan fingerprint density at radius 2 is 1.68 bits per heavy atom. The van der Waals surface area contributed by atoms with Crippen molar-refractivity contribution in [2.75, 3.05) is 13.1 Å². The van der Waals surface area contributed by atoms with Crippen LogP contribution in [0.1, 0.15) is 43.7 Å². The average molecular weight is 348 g/mol. The van der Waals surface area contributed by atoms with Gasteiger partial charge in [-0.25, -0.2) is 9.18 Å². The number of alkyl halides is 1. The van der Waals surface area contributed by atoms with Gasteiger partial charge in [-0.15, -0.1) is 0 Å². The van der Waals surface area contributed by atoms with Gasteiger partial charge in [-0.1, -0.05) is 24.3 Å². The summed E-state index contributed by atoms with van der Waals surface area (Å²) in [5.74, 6) is -0.603. The predicted octanol–water partition coefficient (Wildman–Crippen LogP) is 2.32. The molecule has 1 atom stereocenters. The first kappa shape index (κ1) is 17.4. The lowest BCUT2D eigenvalue weighted by molar-refractivity contribution is -0.137. The first-order chi connectivity index (χ1) is 11.7. The molecular formula is C18H21FN2O4. The number of piperidine rings is 2. The number of halogens is 1. The van der Waals surface area contributed by atoms with E-state index < -0.39 is 17.2 Å². The molecule has 0 spiro atoms. The molecule has 0 bridgehead atoms. The van der Waals surface area contributed by atoms with Crippen molar-refractivity contribution in [1.29, 1.82) is 0 Å². The van der Waals surface area contributed by atoms with Gasteiger partial charge in [0.2, 0.25) is 11.8 Å². The normalized spacial score (nSPS) is 26.2. The van der Waals surface area contributed by atoms with Gasteiger partial charge >= 0.3 is 6.09 Å². The van der Waals surface area contributed by atoms with Gasteiger partial charge in [0, 0.05) is 32.4 Å². The van der Waals surface area contributed by atoms with E-state index in [4.69, 9.17) is 5.11 Å². The van der Waals surface area contributed by atoms with Crippen molar-refractivity contribution >= 4 is 17.9 Å². The van der Waals surface area contributed by atoms with Gasteiger partial charge in [0.05, 0.1) is 5.41 Å². The molecule has 1 unspecified atom stereocenters. The smallest absolute Gasteiger partial charge is 0.407 e. The molecule has 0 aromatic heterocycles. The van der Waals surface area contributed by atoms with Crippen molar-refractivity contribution in [3.63, 3.8) is 0 Å². The van der Waals surface area contributed by atoms with Crippen molar-refractivity contribution in [3.05, 3.63) is 35.4 Å². The number of hydrogen-bond acceptors (Lipinski definition) is 3. The number of imide groups is 1. The second kappa shape index (κ2) is 6.13. The van der Waals surface area contributed by atoms with Crippen LogP contribution < -0.4 is 5.32 Å². The molecule has 2 N–H and O–H groups in total. The second-order valence-electron chi connectivity index (χ2n) is 7.02. The molecule has 0 aliphatic carbocycles. The molecule has 3 rings (SSSR count). The maximum atomic E-state index is 15.2. The highest BCUT2D eigenvalue weighted by Gasteiger charge is 2.41. The number of likely N-dealkylation sites (tertiary alicyclic amines) is 1. The van der Waals surface area contributed by atoms with E-state index in [1.54, 1.807) is 31.2 Å². The third kappa shape index (κ3) is 3.10. The zero-order valence-corrected chi connectivity index (χ0v) is 14.0. The topological polar surface area (TPSA) is 86.7 Å². The van der Waals surface area contributed by atoms with Crippen LogP contribution in [-0.2, 0) is 20.7 Å². The van der Waals surface area contributed by atoms with Crippen molar-refractivity contribution in [1.82, 2.24) is 10.2 Å². The lowest BCUT2D eigenvalue weighted by atomic mass is 9.74. The van der Waals surface area contributed by atoms with Crippen LogP contribution in [0.2, 0.25) is 0 Å². The number of amides is 3. The molecule has 0 saturated carbocycles. The van der Waals surface area contributed by atoms with E-state index in [-0.39, 0.29) is 44.2 Å². The summed E-state index contributed by atoms with van der Waals surface area (Å²) in [4.78, 5) is 35.7. The summed E-state index contributed by atoms with van der Waals surface area (Å²) < 4.78 is 15.2. The van der Waals surface area contributed by atoms with E-state index in [9.17, 15) is 14.4 Å². The Hall–Kier alpha value is -2.44. The van der Waals surface area contributed by atoms with Gasteiger partial charge in [-0.05, 0) is 24.5 Å². The number of benzene rings is 1. The fourth-order valence-electron chi connectivity index (χ4n) is 3.56. The van der Waals surface area contributed by atoms with Crippen LogP contribution >= 0.6 is 0 Å². The largest absolute Gasteiger partial charge is 0.465 e. The van der Waals surface area contributed by atoms with Crippen molar-refractivity contribution < 1.29 is 23.9 Å². The molecule has 1 aromatic rings. The van der Waals surface area contributed by atoms with Crippen LogP contribution in [-0.4, -0.2) is 41.0 Å². The maximum absolute atomic E-state index is 15.2. The van der Waals surface area contributed by atoms with Crippen LogP contribution in [0.15, 0.2) is 24.3 Å². The Kier molecular flexibility index (Phi) is 4.26. The highest BCUT2D eigenvalue weighted by Crippen LogP contribution is 2.39. The zero-order valence-electron chi connectivity index (χ0n) is 14.0. The van der Waals surface area contributed by atoms with Crippen LogP contribution in [0.5, 0.6) is 0 Å². The van der Waals surface area contributed by atoms with E-state index in [0.717, 1.165) is 5.56 Å². The average Bonchev–Trinajstić information content (AvgIpc) is 2.59. The van der Waals surface area contributed by atoms with Gasteiger partial charge in [-0.3, -0.25) is 14.9 Å². The molecule has 0 radical (unpaired) electrons. The minimum absolute atomic E-state index is 0.116. The van der Waals surface area contributed by atoms with Crippen LogP contribution in [0.3, 0.4) is 0 Å². The van der Waals surface area contributed by atoms with Gasteiger partial charge < -0.3 is 10.0 Å². The number of carbonyl (C=O) groups is 3. The van der Waals surface area contributed by atoms with E-state index in [1.165, 1.54) is 4.90 Å². The summed E-state index contributed by atoms with van der Waals surface area (Å²) in [7, 11) is 0. The van der Waals surface area contributed by atoms with E-state index in [1.807, 2.05) is 0 Å². The molecule has 6 nitrogen and oxygen atoms in total. The molecule has 1 aromatic carbocycles. The van der Waals surface area contributed by atoms with Crippen LogP contribution in [0.25, 0.3) is 0 Å². The van der Waals surface area contributed by atoms with Gasteiger partial charge in [-0.2, -0.15) is 0 Å². The molecule has 7 heteroatoms. The first-order valence-electron chi connectivity index (χ1n) is 8.37. The van der Waals surface area contributed by atoms with Gasteiger partial charge in [0.1, 0.15) is 5.67 Å². The lowest BCUT2D eigenvalue weighted by Gasteiger charge is -2.36. The Balaban J connectivity index is 1.78. The predicted molar refractivity (Wildman–Crippen MR) is 87.8 cm³/mol. The molecule has 2 heterocycles. The molecule has 2 aliphatic heterocycles. The minimum Gasteiger partial charge on any atom is -0.465 e. The number of carbonyl (C=O) groups excluding carboxylic acids is 2. The number of hydrogen-bond donors (Lipinski definition) is 2. The molecule has 25 heavy (non-hydrogen) atoms. The Labute approximate surface area is 145 Å². The summed E-state index contributed by atoms with van der Waals surface area (Å²) in [6, 6.07) is 6.80. The maximum Gasteiger partial charge on any atom is 0.407 e. The second-order valence-corrected chi connectivity index (χ2v) is 7.02. The SMILES string of the molecule is CC1(c2ccc(C3(F)CCN(C(=O)O)CC3)cc2)CCC(=O)NC1=O. The highest BCUT2D eigenvalue weighted by atomic mass is 19.1. The van der Waals surface area contributed by atoms with E-state index in [2.05, 4.69) is 5.32 Å². The van der Waals surface area contributed by atoms with Crippen molar-refractivity contribution in [3.8, 4) is 0 Å². The zero-order chi connectivity index (χ0) is 18.2. The molecule has 2 fully saturated rings. The molecular weight excluding hydrogens is 327 g/mol. The first-order valence-corrected chi connectivity index (χ1v) is 8.37. The number of rotatable bonds is 2. The molecule has 2 aliphatic rings. The number of carboxylic acid groups (broad SMARTS) is 1. The van der Waals surface area contributed by atoms with E-state index in [0.29, 0.717) is 12.0 Å². The summed E-state index contributed by atoms with van der Waals surface area (Å²) in [5.41, 5.74) is -1.12. The third-order valence-corrected chi connectivity index (χ3v) is 5.47. The quantitative estimate of drug-likeness (QED) is 0.803. The molecule has 134 valence electrons. The Morgan fingerprint density at radius 1 is 1.12 bits per heavy atom. The van der Waals surface area contributed by atoms with Gasteiger partial charge in [0.25, 0.3) is 0 Å². The number of nitrogens with one attached hydrogen (secondary N) is 1. The summed E-state index contributed by atoms with van der Waals surface area (Å²) >= 11 is 0. The molecule has 3 amide bonds. The van der Waals surface area contributed by atoms with Crippen molar-refractivity contribution in [2.24, 2.45) is 0 Å². The van der Waals surface area contributed by atoms with Crippen LogP contribution in [0, 0.1) is 0 Å². The van der Waals surface area contributed by atoms with Gasteiger partial charge in [0.15, 0.2) is 0 Å². The molecule has 2 saturated heterocycles.